The van der Waals surface area contributed by atoms with Crippen LogP contribution >= 0.6 is 0 Å². The summed E-state index contributed by atoms with van der Waals surface area (Å²) in [6, 6.07) is 4.31. The van der Waals surface area contributed by atoms with Gasteiger partial charge in [-0.05, 0) is 76.1 Å². The number of nitrogens with zero attached hydrogens (tertiary/aromatic N) is 4. The first-order valence-corrected chi connectivity index (χ1v) is 12.4. The van der Waals surface area contributed by atoms with Gasteiger partial charge in [0.15, 0.2) is 5.65 Å². The van der Waals surface area contributed by atoms with Gasteiger partial charge in [-0.3, -0.25) is 0 Å². The van der Waals surface area contributed by atoms with Crippen molar-refractivity contribution in [3.63, 3.8) is 0 Å². The monoisotopic (exact) mass is 468 g/mol. The van der Waals surface area contributed by atoms with E-state index in [2.05, 4.69) is 33.8 Å². The highest BCUT2D eigenvalue weighted by atomic mass is 16.1. The van der Waals surface area contributed by atoms with Crippen molar-refractivity contribution < 1.29 is 4.79 Å². The topological polar surface area (TPSA) is 98.2 Å². The fraction of sp³-hybridized carbons (Fsp3) is 0.429. The van der Waals surface area contributed by atoms with E-state index in [1.165, 1.54) is 12.8 Å². The third-order valence-corrected chi connectivity index (χ3v) is 6.85. The SMILES string of the molecule is C=C(C)c1c(C(CC(C)=O)CC2CCCN2)nc2c(-c3ccc(C#CC4CC4)nc3)cnn2c1N. The number of pyridine rings is 1. The molecule has 1 aliphatic heterocycles. The van der Waals surface area contributed by atoms with Crippen LogP contribution in [-0.4, -0.2) is 38.0 Å². The zero-order chi connectivity index (χ0) is 24.5. The van der Waals surface area contributed by atoms with Crippen molar-refractivity contribution in [2.24, 2.45) is 5.92 Å². The summed E-state index contributed by atoms with van der Waals surface area (Å²) >= 11 is 0. The minimum Gasteiger partial charge on any atom is -0.383 e. The second-order valence-electron chi connectivity index (χ2n) is 9.94. The lowest BCUT2D eigenvalue weighted by Crippen LogP contribution is -2.26. The number of carbonyl (C=O) groups is 1. The molecule has 35 heavy (non-hydrogen) atoms. The second kappa shape index (κ2) is 9.63. The molecule has 0 radical (unpaired) electrons. The molecule has 4 heterocycles. The summed E-state index contributed by atoms with van der Waals surface area (Å²) in [4.78, 5) is 21.9. The van der Waals surface area contributed by atoms with Gasteiger partial charge in [0.25, 0.3) is 0 Å². The first kappa shape index (κ1) is 23.3. The van der Waals surface area contributed by atoms with Gasteiger partial charge in [-0.1, -0.05) is 12.5 Å². The molecule has 0 spiro atoms. The number of nitrogens with one attached hydrogen (secondary N) is 1. The molecule has 0 bridgehead atoms. The Hall–Kier alpha value is -3.50. The summed E-state index contributed by atoms with van der Waals surface area (Å²) in [7, 11) is 0. The van der Waals surface area contributed by atoms with Crippen LogP contribution in [0.4, 0.5) is 5.82 Å². The summed E-state index contributed by atoms with van der Waals surface area (Å²) in [5, 5.41) is 8.11. The van der Waals surface area contributed by atoms with Crippen LogP contribution in [0.15, 0.2) is 31.1 Å². The predicted molar refractivity (Wildman–Crippen MR) is 139 cm³/mol. The molecule has 7 nitrogen and oxygen atoms in total. The van der Waals surface area contributed by atoms with E-state index >= 15 is 0 Å². The van der Waals surface area contributed by atoms with Crippen LogP contribution in [0.25, 0.3) is 22.3 Å². The number of fused-ring (bicyclic) bond motifs is 1. The van der Waals surface area contributed by atoms with Crippen LogP contribution in [0.2, 0.25) is 0 Å². The van der Waals surface area contributed by atoms with Gasteiger partial charge in [0.05, 0.1) is 11.9 Å². The molecular weight excluding hydrogens is 436 g/mol. The smallest absolute Gasteiger partial charge is 0.165 e. The molecule has 1 saturated heterocycles. The van der Waals surface area contributed by atoms with E-state index in [0.717, 1.165) is 59.5 Å². The Morgan fingerprint density at radius 3 is 2.74 bits per heavy atom. The molecule has 3 aromatic rings. The number of aromatic nitrogens is 4. The number of allylic oxidation sites excluding steroid dienone is 1. The number of Topliss-reactive ketones (excluding diaryl/α,β-unsaturated/α-hetero) is 1. The number of nitrogen functional groups attached to an aromatic ring is 1. The largest absolute Gasteiger partial charge is 0.383 e. The molecule has 2 aliphatic rings. The number of hydrogen-bond donors (Lipinski definition) is 2. The van der Waals surface area contributed by atoms with Crippen LogP contribution in [0.5, 0.6) is 0 Å². The van der Waals surface area contributed by atoms with Crippen molar-refractivity contribution in [2.75, 3.05) is 12.3 Å². The summed E-state index contributed by atoms with van der Waals surface area (Å²) < 4.78 is 1.67. The number of hydrogen-bond acceptors (Lipinski definition) is 6. The molecule has 5 rings (SSSR count). The molecule has 0 amide bonds. The molecule has 1 aliphatic carbocycles. The van der Waals surface area contributed by atoms with E-state index < -0.39 is 0 Å². The molecule has 2 atom stereocenters. The third-order valence-electron chi connectivity index (χ3n) is 6.85. The van der Waals surface area contributed by atoms with Gasteiger partial charge in [0, 0.05) is 47.2 Å². The highest BCUT2D eigenvalue weighted by Crippen LogP contribution is 2.36. The standard InChI is InChI=1S/C28H32N6O/c1-17(2)25-26(21(13-18(3)35)14-23-5-4-12-30-23)33-28-24(16-32-34(28)27(25)29)20-9-11-22(31-15-20)10-8-19-6-7-19/h9,11,15-16,19,21,23,30H,1,4-7,12-14,29H2,2-3H3. The Morgan fingerprint density at radius 1 is 1.29 bits per heavy atom. The Kier molecular flexibility index (Phi) is 6.40. The Labute approximate surface area is 206 Å². The van der Waals surface area contributed by atoms with Gasteiger partial charge >= 0.3 is 0 Å². The predicted octanol–water partition coefficient (Wildman–Crippen LogP) is 4.37. The lowest BCUT2D eigenvalue weighted by Gasteiger charge is -2.23. The van der Waals surface area contributed by atoms with Gasteiger partial charge in [-0.15, -0.1) is 0 Å². The van der Waals surface area contributed by atoms with Crippen LogP contribution < -0.4 is 11.1 Å². The molecule has 7 heteroatoms. The van der Waals surface area contributed by atoms with Gasteiger partial charge in [-0.2, -0.15) is 9.61 Å². The van der Waals surface area contributed by atoms with Crippen LogP contribution in [0.1, 0.15) is 75.2 Å². The number of carbonyl (C=O) groups excluding carboxylic acids is 1. The van der Waals surface area contributed by atoms with Gasteiger partial charge < -0.3 is 15.8 Å². The molecular formula is C28H32N6O. The molecule has 3 aromatic heterocycles. The Morgan fingerprint density at radius 2 is 2.11 bits per heavy atom. The highest BCUT2D eigenvalue weighted by Gasteiger charge is 2.28. The van der Waals surface area contributed by atoms with Crippen molar-refractivity contribution >= 4 is 22.8 Å². The number of nitrogens with two attached hydrogens (primary N) is 1. The molecule has 0 aromatic carbocycles. The maximum Gasteiger partial charge on any atom is 0.165 e. The maximum absolute atomic E-state index is 12.3. The van der Waals surface area contributed by atoms with Crippen molar-refractivity contribution in [1.82, 2.24) is 24.9 Å². The van der Waals surface area contributed by atoms with Gasteiger partial charge in [0.2, 0.25) is 0 Å². The highest BCUT2D eigenvalue weighted by molar-refractivity contribution is 5.82. The fourth-order valence-corrected chi connectivity index (χ4v) is 4.94. The summed E-state index contributed by atoms with van der Waals surface area (Å²) in [6.07, 6.45) is 9.48. The molecule has 2 unspecified atom stereocenters. The van der Waals surface area contributed by atoms with E-state index in [4.69, 9.17) is 10.7 Å². The average molecular weight is 469 g/mol. The molecule has 2 fully saturated rings. The van der Waals surface area contributed by atoms with Crippen LogP contribution in [0, 0.1) is 17.8 Å². The fourth-order valence-electron chi connectivity index (χ4n) is 4.94. The zero-order valence-electron chi connectivity index (χ0n) is 20.5. The normalized spacial score (nSPS) is 18.3. The van der Waals surface area contributed by atoms with E-state index in [1.54, 1.807) is 17.6 Å². The lowest BCUT2D eigenvalue weighted by atomic mass is 9.87. The van der Waals surface area contributed by atoms with Crippen LogP contribution in [-0.2, 0) is 4.79 Å². The summed E-state index contributed by atoms with van der Waals surface area (Å²) in [5.74, 6) is 7.52. The second-order valence-corrected chi connectivity index (χ2v) is 9.94. The van der Waals surface area contributed by atoms with Crippen molar-refractivity contribution in [1.29, 1.82) is 0 Å². The van der Waals surface area contributed by atoms with Gasteiger partial charge in [-0.25, -0.2) is 9.97 Å². The molecule has 3 N–H and O–H groups in total. The first-order valence-electron chi connectivity index (χ1n) is 12.4. The number of rotatable bonds is 7. The average Bonchev–Trinajstić information content (AvgIpc) is 3.32. The van der Waals surface area contributed by atoms with E-state index in [0.29, 0.717) is 29.8 Å². The maximum atomic E-state index is 12.3. The van der Waals surface area contributed by atoms with Crippen molar-refractivity contribution in [2.45, 2.75) is 64.3 Å². The molecule has 1 saturated carbocycles. The van der Waals surface area contributed by atoms with Crippen LogP contribution in [0.3, 0.4) is 0 Å². The quantitative estimate of drug-likeness (QED) is 0.500. The lowest BCUT2D eigenvalue weighted by molar-refractivity contribution is -0.117. The Balaban J connectivity index is 1.58. The zero-order valence-corrected chi connectivity index (χ0v) is 20.5. The summed E-state index contributed by atoms with van der Waals surface area (Å²) in [6.45, 7) is 8.75. The summed E-state index contributed by atoms with van der Waals surface area (Å²) in [5.41, 5.74) is 12.3. The number of anilines is 1. The minimum absolute atomic E-state index is 0.0527. The molecule has 180 valence electrons. The van der Waals surface area contributed by atoms with Crippen molar-refractivity contribution in [3.05, 3.63) is 48.1 Å². The van der Waals surface area contributed by atoms with Crippen molar-refractivity contribution in [3.8, 4) is 23.0 Å². The van der Waals surface area contributed by atoms with E-state index in [1.807, 2.05) is 25.3 Å². The minimum atomic E-state index is -0.0527. The van der Waals surface area contributed by atoms with Gasteiger partial charge in [0.1, 0.15) is 17.3 Å². The Bertz CT molecular complexity index is 1330. The third kappa shape index (κ3) is 4.98. The number of ketones is 1. The van der Waals surface area contributed by atoms with E-state index in [-0.39, 0.29) is 11.7 Å². The van der Waals surface area contributed by atoms with E-state index in [9.17, 15) is 4.79 Å². The first-order chi connectivity index (χ1) is 16.9.